The number of anilines is 1. The molecule has 1 aromatic heterocycles. The molecule has 2 aromatic rings. The van der Waals surface area contributed by atoms with Gasteiger partial charge in [0, 0.05) is 29.8 Å². The number of amides is 3. The maximum Gasteiger partial charge on any atom is 0.319 e. The highest BCUT2D eigenvalue weighted by molar-refractivity contribution is 5.95. The summed E-state index contributed by atoms with van der Waals surface area (Å²) in [5.74, 6) is 0.687. The van der Waals surface area contributed by atoms with E-state index in [1.54, 1.807) is 30.5 Å². The molecule has 3 amide bonds. The minimum absolute atomic E-state index is 0.0363. The highest BCUT2D eigenvalue weighted by Gasteiger charge is 2.23. The summed E-state index contributed by atoms with van der Waals surface area (Å²) in [7, 11) is 0. The lowest BCUT2D eigenvalue weighted by atomic mass is 10.1. The fourth-order valence-electron chi connectivity index (χ4n) is 2.37. The summed E-state index contributed by atoms with van der Waals surface area (Å²) < 4.78 is 5.28. The SMILES string of the molecule is C[C@@H](Cc1ccco1)NC(=O)c1ccc(NC(=O)NC2CC2)cc1. The van der Waals surface area contributed by atoms with Crippen LogP contribution in [0.2, 0.25) is 0 Å². The van der Waals surface area contributed by atoms with Gasteiger partial charge in [-0.25, -0.2) is 4.79 Å². The molecule has 1 aliphatic rings. The Hall–Kier alpha value is -2.76. The minimum Gasteiger partial charge on any atom is -0.469 e. The first kappa shape index (κ1) is 16.1. The van der Waals surface area contributed by atoms with Crippen LogP contribution in [0.3, 0.4) is 0 Å². The van der Waals surface area contributed by atoms with Crippen LogP contribution in [0.5, 0.6) is 0 Å². The molecule has 0 radical (unpaired) electrons. The summed E-state index contributed by atoms with van der Waals surface area (Å²) in [5, 5.41) is 8.53. The number of furan rings is 1. The van der Waals surface area contributed by atoms with E-state index in [0.717, 1.165) is 18.6 Å². The van der Waals surface area contributed by atoms with E-state index >= 15 is 0 Å². The van der Waals surface area contributed by atoms with E-state index in [-0.39, 0.29) is 18.0 Å². The lowest BCUT2D eigenvalue weighted by molar-refractivity contribution is 0.0939. The smallest absolute Gasteiger partial charge is 0.319 e. The van der Waals surface area contributed by atoms with Gasteiger partial charge in [-0.15, -0.1) is 0 Å². The van der Waals surface area contributed by atoms with Gasteiger partial charge in [-0.1, -0.05) is 0 Å². The van der Waals surface area contributed by atoms with Crippen LogP contribution in [-0.2, 0) is 6.42 Å². The lowest BCUT2D eigenvalue weighted by Crippen LogP contribution is -2.34. The Bertz CT molecular complexity index is 691. The van der Waals surface area contributed by atoms with Gasteiger partial charge in [0.2, 0.25) is 0 Å². The van der Waals surface area contributed by atoms with E-state index < -0.39 is 0 Å². The zero-order chi connectivity index (χ0) is 16.9. The molecule has 1 fully saturated rings. The first-order valence-corrected chi connectivity index (χ1v) is 8.11. The van der Waals surface area contributed by atoms with Crippen LogP contribution >= 0.6 is 0 Å². The van der Waals surface area contributed by atoms with Crippen LogP contribution in [0.1, 0.15) is 35.9 Å². The molecule has 1 saturated carbocycles. The van der Waals surface area contributed by atoms with E-state index in [2.05, 4.69) is 16.0 Å². The number of carbonyl (C=O) groups is 2. The molecule has 6 nitrogen and oxygen atoms in total. The van der Waals surface area contributed by atoms with Crippen LogP contribution in [-0.4, -0.2) is 24.0 Å². The predicted octanol–water partition coefficient (Wildman–Crippen LogP) is 2.92. The number of urea groups is 1. The molecule has 3 N–H and O–H groups in total. The standard InChI is InChI=1S/C18H21N3O3/c1-12(11-16-3-2-10-24-16)19-17(22)13-4-6-14(7-5-13)20-18(23)21-15-8-9-15/h2-7,10,12,15H,8-9,11H2,1H3,(H,19,22)(H2,20,21,23)/t12-/m0/s1. The molecule has 0 bridgehead atoms. The van der Waals surface area contributed by atoms with Gasteiger partial charge in [0.15, 0.2) is 0 Å². The molecule has 0 spiro atoms. The average Bonchev–Trinajstić information content (AvgIpc) is 3.20. The van der Waals surface area contributed by atoms with Crippen LogP contribution in [0.15, 0.2) is 47.1 Å². The quantitative estimate of drug-likeness (QED) is 0.763. The molecule has 126 valence electrons. The Balaban J connectivity index is 1.50. The topological polar surface area (TPSA) is 83.4 Å². The van der Waals surface area contributed by atoms with E-state index in [1.807, 2.05) is 19.1 Å². The van der Waals surface area contributed by atoms with Crippen LogP contribution in [0.4, 0.5) is 10.5 Å². The molecule has 1 heterocycles. The van der Waals surface area contributed by atoms with Crippen molar-refractivity contribution >= 4 is 17.6 Å². The molecule has 0 saturated heterocycles. The third-order valence-electron chi connectivity index (χ3n) is 3.78. The first-order valence-electron chi connectivity index (χ1n) is 8.11. The fraction of sp³-hybridized carbons (Fsp3) is 0.333. The van der Waals surface area contributed by atoms with Crippen molar-refractivity contribution < 1.29 is 14.0 Å². The number of hydrogen-bond donors (Lipinski definition) is 3. The van der Waals surface area contributed by atoms with Gasteiger partial charge in [-0.3, -0.25) is 4.79 Å². The Kier molecular flexibility index (Phi) is 4.84. The Morgan fingerprint density at radius 3 is 2.58 bits per heavy atom. The highest BCUT2D eigenvalue weighted by atomic mass is 16.3. The molecule has 6 heteroatoms. The van der Waals surface area contributed by atoms with E-state index in [4.69, 9.17) is 4.42 Å². The maximum atomic E-state index is 12.2. The summed E-state index contributed by atoms with van der Waals surface area (Å²) in [4.78, 5) is 23.9. The summed E-state index contributed by atoms with van der Waals surface area (Å²) in [6.45, 7) is 1.93. The third-order valence-corrected chi connectivity index (χ3v) is 3.78. The molecule has 0 unspecified atom stereocenters. The zero-order valence-electron chi connectivity index (χ0n) is 13.5. The maximum absolute atomic E-state index is 12.2. The van der Waals surface area contributed by atoms with Crippen LogP contribution < -0.4 is 16.0 Å². The summed E-state index contributed by atoms with van der Waals surface area (Å²) in [6, 6.07) is 10.6. The monoisotopic (exact) mass is 327 g/mol. The Morgan fingerprint density at radius 2 is 1.96 bits per heavy atom. The lowest BCUT2D eigenvalue weighted by Gasteiger charge is -2.13. The molecular formula is C18H21N3O3. The van der Waals surface area contributed by atoms with Crippen molar-refractivity contribution in [2.75, 3.05) is 5.32 Å². The second-order valence-corrected chi connectivity index (χ2v) is 6.11. The van der Waals surface area contributed by atoms with Crippen molar-refractivity contribution in [1.29, 1.82) is 0 Å². The first-order chi connectivity index (χ1) is 11.6. The zero-order valence-corrected chi connectivity index (χ0v) is 13.5. The van der Waals surface area contributed by atoms with Crippen LogP contribution in [0, 0.1) is 0 Å². The molecule has 24 heavy (non-hydrogen) atoms. The number of carbonyl (C=O) groups excluding carboxylic acids is 2. The van der Waals surface area contributed by atoms with Crippen molar-refractivity contribution in [2.45, 2.75) is 38.3 Å². The molecular weight excluding hydrogens is 306 g/mol. The van der Waals surface area contributed by atoms with Gasteiger partial charge in [-0.05, 0) is 56.2 Å². The number of benzene rings is 1. The van der Waals surface area contributed by atoms with Crippen molar-refractivity contribution in [3.63, 3.8) is 0 Å². The van der Waals surface area contributed by atoms with Gasteiger partial charge < -0.3 is 20.4 Å². The van der Waals surface area contributed by atoms with Crippen molar-refractivity contribution in [3.8, 4) is 0 Å². The molecule has 1 aromatic carbocycles. The summed E-state index contributed by atoms with van der Waals surface area (Å²) in [5.41, 5.74) is 1.21. The molecule has 1 atom stereocenters. The second kappa shape index (κ2) is 7.21. The van der Waals surface area contributed by atoms with Gasteiger partial charge in [0.25, 0.3) is 5.91 Å². The van der Waals surface area contributed by atoms with Gasteiger partial charge in [0.1, 0.15) is 5.76 Å². The van der Waals surface area contributed by atoms with E-state index in [9.17, 15) is 9.59 Å². The molecule has 3 rings (SSSR count). The Morgan fingerprint density at radius 1 is 1.21 bits per heavy atom. The second-order valence-electron chi connectivity index (χ2n) is 6.11. The van der Waals surface area contributed by atoms with Gasteiger partial charge in [0.05, 0.1) is 6.26 Å². The largest absolute Gasteiger partial charge is 0.469 e. The van der Waals surface area contributed by atoms with Crippen molar-refractivity contribution in [1.82, 2.24) is 10.6 Å². The summed E-state index contributed by atoms with van der Waals surface area (Å²) >= 11 is 0. The third kappa shape index (κ3) is 4.62. The van der Waals surface area contributed by atoms with E-state index in [1.165, 1.54) is 0 Å². The van der Waals surface area contributed by atoms with Gasteiger partial charge in [-0.2, -0.15) is 0 Å². The molecule has 1 aliphatic carbocycles. The predicted molar refractivity (Wildman–Crippen MR) is 91.0 cm³/mol. The van der Waals surface area contributed by atoms with Crippen LogP contribution in [0.25, 0.3) is 0 Å². The minimum atomic E-state index is -0.207. The van der Waals surface area contributed by atoms with Crippen molar-refractivity contribution in [3.05, 3.63) is 54.0 Å². The molecule has 0 aliphatic heterocycles. The van der Waals surface area contributed by atoms with Crippen molar-refractivity contribution in [2.24, 2.45) is 0 Å². The normalized spacial score (nSPS) is 14.7. The van der Waals surface area contributed by atoms with Gasteiger partial charge >= 0.3 is 6.03 Å². The number of hydrogen-bond acceptors (Lipinski definition) is 3. The average molecular weight is 327 g/mol. The summed E-state index contributed by atoms with van der Waals surface area (Å²) in [6.07, 6.45) is 4.35. The number of nitrogens with one attached hydrogen (secondary N) is 3. The Labute approximate surface area is 140 Å². The fourth-order valence-corrected chi connectivity index (χ4v) is 2.37. The highest BCUT2D eigenvalue weighted by Crippen LogP contribution is 2.19. The van der Waals surface area contributed by atoms with E-state index in [0.29, 0.717) is 23.7 Å². The number of rotatable bonds is 6.